The number of nitrogens with one attached hydrogen (secondary N) is 1. The van der Waals surface area contributed by atoms with Gasteiger partial charge in [0, 0.05) is 25.1 Å². The molecule has 106 valence electrons. The SMILES string of the molecule is CC(=O)NCC(O)C(O)c1ccc(-c2ccno2)cc1. The summed E-state index contributed by atoms with van der Waals surface area (Å²) < 4.78 is 5.02. The van der Waals surface area contributed by atoms with Gasteiger partial charge >= 0.3 is 0 Å². The number of aliphatic hydroxyl groups is 2. The second-order valence-corrected chi connectivity index (χ2v) is 4.45. The van der Waals surface area contributed by atoms with Crippen molar-refractivity contribution in [2.24, 2.45) is 0 Å². The first kappa shape index (κ1) is 14.2. The molecule has 6 heteroatoms. The summed E-state index contributed by atoms with van der Waals surface area (Å²) in [5.41, 5.74) is 1.39. The maximum atomic E-state index is 10.8. The van der Waals surface area contributed by atoms with Crippen LogP contribution in [0.3, 0.4) is 0 Å². The Morgan fingerprint density at radius 1 is 1.30 bits per heavy atom. The maximum Gasteiger partial charge on any atom is 0.216 e. The molecule has 20 heavy (non-hydrogen) atoms. The smallest absolute Gasteiger partial charge is 0.216 e. The van der Waals surface area contributed by atoms with Crippen molar-refractivity contribution in [1.29, 1.82) is 0 Å². The van der Waals surface area contributed by atoms with Crippen LogP contribution in [-0.2, 0) is 4.79 Å². The molecule has 6 nitrogen and oxygen atoms in total. The van der Waals surface area contributed by atoms with E-state index in [1.54, 1.807) is 36.5 Å². The molecular weight excluding hydrogens is 260 g/mol. The average molecular weight is 276 g/mol. The van der Waals surface area contributed by atoms with Crippen LogP contribution in [0.5, 0.6) is 0 Å². The number of benzene rings is 1. The minimum absolute atomic E-state index is 0.000352. The lowest BCUT2D eigenvalue weighted by atomic mass is 10.0. The predicted octanol–water partition coefficient (Wildman–Crippen LogP) is 0.872. The largest absolute Gasteiger partial charge is 0.388 e. The minimum atomic E-state index is -1.06. The quantitative estimate of drug-likeness (QED) is 0.753. The van der Waals surface area contributed by atoms with E-state index in [1.165, 1.54) is 6.92 Å². The highest BCUT2D eigenvalue weighted by Crippen LogP contribution is 2.23. The van der Waals surface area contributed by atoms with Crippen LogP contribution >= 0.6 is 0 Å². The van der Waals surface area contributed by atoms with Gasteiger partial charge in [-0.3, -0.25) is 4.79 Å². The van der Waals surface area contributed by atoms with Gasteiger partial charge in [-0.1, -0.05) is 29.4 Å². The van der Waals surface area contributed by atoms with Gasteiger partial charge in [-0.2, -0.15) is 0 Å². The molecule has 0 radical (unpaired) electrons. The third-order valence-electron chi connectivity index (χ3n) is 2.90. The van der Waals surface area contributed by atoms with E-state index < -0.39 is 12.2 Å². The highest BCUT2D eigenvalue weighted by Gasteiger charge is 2.18. The van der Waals surface area contributed by atoms with Crippen molar-refractivity contribution in [3.63, 3.8) is 0 Å². The summed E-state index contributed by atoms with van der Waals surface area (Å²) >= 11 is 0. The summed E-state index contributed by atoms with van der Waals surface area (Å²) in [7, 11) is 0. The number of nitrogens with zero attached hydrogens (tertiary/aromatic N) is 1. The second kappa shape index (κ2) is 6.31. The molecule has 0 saturated heterocycles. The van der Waals surface area contributed by atoms with E-state index in [2.05, 4.69) is 10.5 Å². The van der Waals surface area contributed by atoms with Crippen LogP contribution in [0.15, 0.2) is 41.1 Å². The normalized spacial score (nSPS) is 13.8. The first-order chi connectivity index (χ1) is 9.58. The van der Waals surface area contributed by atoms with Crippen molar-refractivity contribution in [1.82, 2.24) is 10.5 Å². The number of rotatable bonds is 5. The number of carbonyl (C=O) groups excluding carboxylic acids is 1. The second-order valence-electron chi connectivity index (χ2n) is 4.45. The fourth-order valence-corrected chi connectivity index (χ4v) is 1.79. The fraction of sp³-hybridized carbons (Fsp3) is 0.286. The van der Waals surface area contributed by atoms with Crippen LogP contribution in [0.25, 0.3) is 11.3 Å². The van der Waals surface area contributed by atoms with Gasteiger partial charge in [0.25, 0.3) is 0 Å². The van der Waals surface area contributed by atoms with Crippen molar-refractivity contribution in [2.45, 2.75) is 19.1 Å². The zero-order valence-corrected chi connectivity index (χ0v) is 11.0. The summed E-state index contributed by atoms with van der Waals surface area (Å²) in [6, 6.07) is 8.66. The molecule has 3 N–H and O–H groups in total. The van der Waals surface area contributed by atoms with Gasteiger partial charge in [-0.15, -0.1) is 0 Å². The summed E-state index contributed by atoms with van der Waals surface area (Å²) in [4.78, 5) is 10.8. The summed E-state index contributed by atoms with van der Waals surface area (Å²) in [5, 5.41) is 25.8. The Morgan fingerprint density at radius 2 is 2.00 bits per heavy atom. The molecule has 2 unspecified atom stereocenters. The van der Waals surface area contributed by atoms with Crippen LogP contribution in [0.2, 0.25) is 0 Å². The first-order valence-corrected chi connectivity index (χ1v) is 6.19. The molecule has 0 bridgehead atoms. The fourth-order valence-electron chi connectivity index (χ4n) is 1.79. The van der Waals surface area contributed by atoms with Gasteiger partial charge in [0.05, 0.1) is 6.20 Å². The number of hydrogen-bond acceptors (Lipinski definition) is 5. The Bertz CT molecular complexity index is 551. The highest BCUT2D eigenvalue weighted by molar-refractivity contribution is 5.72. The Kier molecular flexibility index (Phi) is 4.49. The molecule has 2 aromatic rings. The number of aliphatic hydroxyl groups excluding tert-OH is 2. The molecule has 0 saturated carbocycles. The van der Waals surface area contributed by atoms with E-state index in [4.69, 9.17) is 4.52 Å². The standard InChI is InChI=1S/C14H16N2O4/c1-9(17)15-8-12(18)14(19)11-4-2-10(3-5-11)13-6-7-16-20-13/h2-7,12,14,18-19H,8H2,1H3,(H,15,17). The number of amides is 1. The average Bonchev–Trinajstić information content (AvgIpc) is 2.98. The number of aromatic nitrogens is 1. The maximum absolute atomic E-state index is 10.8. The lowest BCUT2D eigenvalue weighted by Gasteiger charge is -2.18. The molecule has 0 spiro atoms. The molecular formula is C14H16N2O4. The van der Waals surface area contributed by atoms with Gasteiger partial charge in [0.15, 0.2) is 5.76 Å². The number of carbonyl (C=O) groups is 1. The molecule has 2 atom stereocenters. The van der Waals surface area contributed by atoms with Crippen LogP contribution in [0.4, 0.5) is 0 Å². The van der Waals surface area contributed by atoms with E-state index >= 15 is 0 Å². The van der Waals surface area contributed by atoms with E-state index in [-0.39, 0.29) is 12.5 Å². The summed E-state index contributed by atoms with van der Waals surface area (Å²) in [6.07, 6.45) is -0.574. The molecule has 0 aliphatic heterocycles. The Balaban J connectivity index is 2.03. The molecule has 2 rings (SSSR count). The molecule has 1 heterocycles. The van der Waals surface area contributed by atoms with Gasteiger partial charge in [-0.05, 0) is 5.56 Å². The van der Waals surface area contributed by atoms with Crippen LogP contribution in [0, 0.1) is 0 Å². The monoisotopic (exact) mass is 276 g/mol. The Morgan fingerprint density at radius 3 is 2.55 bits per heavy atom. The van der Waals surface area contributed by atoms with Gasteiger partial charge in [0.1, 0.15) is 12.2 Å². The molecule has 1 amide bonds. The Labute approximate surface area is 116 Å². The van der Waals surface area contributed by atoms with Crippen molar-refractivity contribution >= 4 is 5.91 Å². The predicted molar refractivity (Wildman–Crippen MR) is 71.6 cm³/mol. The Hall–Kier alpha value is -2.18. The van der Waals surface area contributed by atoms with E-state index in [1.807, 2.05) is 0 Å². The summed E-state index contributed by atoms with van der Waals surface area (Å²) in [5.74, 6) is 0.377. The zero-order valence-electron chi connectivity index (χ0n) is 11.0. The van der Waals surface area contributed by atoms with Gasteiger partial charge in [0.2, 0.25) is 5.91 Å². The van der Waals surface area contributed by atoms with Crippen molar-refractivity contribution in [2.75, 3.05) is 6.54 Å². The minimum Gasteiger partial charge on any atom is -0.388 e. The molecule has 0 aliphatic carbocycles. The third-order valence-corrected chi connectivity index (χ3v) is 2.90. The topological polar surface area (TPSA) is 95.6 Å². The van der Waals surface area contributed by atoms with E-state index in [9.17, 15) is 15.0 Å². The van der Waals surface area contributed by atoms with Crippen LogP contribution < -0.4 is 5.32 Å². The lowest BCUT2D eigenvalue weighted by molar-refractivity contribution is -0.119. The third kappa shape index (κ3) is 3.43. The molecule has 1 aromatic heterocycles. The zero-order chi connectivity index (χ0) is 14.5. The van der Waals surface area contributed by atoms with Gasteiger partial charge in [-0.25, -0.2) is 0 Å². The highest BCUT2D eigenvalue weighted by atomic mass is 16.5. The van der Waals surface area contributed by atoms with Crippen molar-refractivity contribution < 1.29 is 19.5 Å². The number of hydrogen-bond donors (Lipinski definition) is 3. The lowest BCUT2D eigenvalue weighted by Crippen LogP contribution is -2.34. The molecule has 0 fully saturated rings. The van der Waals surface area contributed by atoms with Crippen molar-refractivity contribution in [3.8, 4) is 11.3 Å². The summed E-state index contributed by atoms with van der Waals surface area (Å²) in [6.45, 7) is 1.35. The van der Waals surface area contributed by atoms with Crippen molar-refractivity contribution in [3.05, 3.63) is 42.1 Å². The van der Waals surface area contributed by atoms with E-state index in [0.29, 0.717) is 11.3 Å². The van der Waals surface area contributed by atoms with Gasteiger partial charge < -0.3 is 20.1 Å². The molecule has 1 aromatic carbocycles. The molecule has 0 aliphatic rings. The van der Waals surface area contributed by atoms with Crippen LogP contribution in [-0.4, -0.2) is 33.9 Å². The van der Waals surface area contributed by atoms with E-state index in [0.717, 1.165) is 5.56 Å². The van der Waals surface area contributed by atoms with Crippen LogP contribution in [0.1, 0.15) is 18.6 Å². The first-order valence-electron chi connectivity index (χ1n) is 6.19.